The van der Waals surface area contributed by atoms with Gasteiger partial charge in [-0.15, -0.1) is 0 Å². The number of hydrogen-bond acceptors (Lipinski definition) is 6. The van der Waals surface area contributed by atoms with Gasteiger partial charge in [0.25, 0.3) is 5.91 Å². The Labute approximate surface area is 159 Å². The van der Waals surface area contributed by atoms with Crippen molar-refractivity contribution in [2.75, 3.05) is 42.0 Å². The molecule has 0 aliphatic carbocycles. The van der Waals surface area contributed by atoms with Gasteiger partial charge in [0.05, 0.1) is 41.1 Å². The van der Waals surface area contributed by atoms with Crippen LogP contribution in [0.1, 0.15) is 22.0 Å². The van der Waals surface area contributed by atoms with E-state index >= 15 is 0 Å². The molecule has 1 unspecified atom stereocenters. The van der Waals surface area contributed by atoms with Gasteiger partial charge in [0.1, 0.15) is 5.75 Å². The molecule has 0 fully saturated rings. The summed E-state index contributed by atoms with van der Waals surface area (Å²) in [5.41, 5.74) is 1.03. The first-order chi connectivity index (χ1) is 12.9. The molecule has 0 aliphatic heterocycles. The molecular formula is C20H25NO6. The van der Waals surface area contributed by atoms with Crippen molar-refractivity contribution in [1.82, 2.24) is 4.90 Å². The maximum atomic E-state index is 12.8. The summed E-state index contributed by atoms with van der Waals surface area (Å²) in [4.78, 5) is 14.2. The van der Waals surface area contributed by atoms with Crippen molar-refractivity contribution in [1.29, 1.82) is 0 Å². The van der Waals surface area contributed by atoms with Crippen molar-refractivity contribution in [3.8, 4) is 23.0 Å². The van der Waals surface area contributed by atoms with E-state index in [4.69, 9.17) is 18.9 Å². The topological polar surface area (TPSA) is 77.5 Å². The van der Waals surface area contributed by atoms with Gasteiger partial charge in [0, 0.05) is 12.6 Å². The third-order valence-corrected chi connectivity index (χ3v) is 4.18. The van der Waals surface area contributed by atoms with Gasteiger partial charge in [-0.2, -0.15) is 0 Å². The number of likely N-dealkylation sites (N-methyl/N-ethyl adjacent to an activating group) is 1. The number of benzene rings is 2. The number of amides is 1. The fourth-order valence-electron chi connectivity index (χ4n) is 2.72. The molecule has 0 bridgehead atoms. The predicted octanol–water partition coefficient (Wildman–Crippen LogP) is 2.53. The highest BCUT2D eigenvalue weighted by Crippen LogP contribution is 2.38. The molecule has 1 amide bonds. The second-order valence-electron chi connectivity index (χ2n) is 5.89. The van der Waals surface area contributed by atoms with Crippen LogP contribution in [0.2, 0.25) is 0 Å². The molecule has 0 heterocycles. The van der Waals surface area contributed by atoms with Crippen LogP contribution >= 0.6 is 0 Å². The lowest BCUT2D eigenvalue weighted by Crippen LogP contribution is -2.31. The molecule has 0 aromatic heterocycles. The molecule has 1 N–H and O–H groups in total. The van der Waals surface area contributed by atoms with Gasteiger partial charge in [0.2, 0.25) is 5.75 Å². The lowest BCUT2D eigenvalue weighted by atomic mass is 10.1. The zero-order valence-corrected chi connectivity index (χ0v) is 16.2. The molecule has 1 atom stereocenters. The van der Waals surface area contributed by atoms with Crippen LogP contribution in [-0.2, 0) is 0 Å². The molecule has 146 valence electrons. The number of carbonyl (C=O) groups is 1. The number of rotatable bonds is 8. The van der Waals surface area contributed by atoms with E-state index in [0.717, 1.165) is 0 Å². The van der Waals surface area contributed by atoms with Gasteiger partial charge in [-0.3, -0.25) is 4.79 Å². The fourth-order valence-corrected chi connectivity index (χ4v) is 2.72. The van der Waals surface area contributed by atoms with Crippen molar-refractivity contribution >= 4 is 5.91 Å². The molecule has 0 radical (unpaired) electrons. The van der Waals surface area contributed by atoms with E-state index in [1.165, 1.54) is 26.2 Å². The van der Waals surface area contributed by atoms with Gasteiger partial charge in [-0.1, -0.05) is 12.1 Å². The maximum Gasteiger partial charge on any atom is 0.253 e. The van der Waals surface area contributed by atoms with E-state index in [1.54, 1.807) is 50.6 Å². The van der Waals surface area contributed by atoms with Crippen LogP contribution in [0.5, 0.6) is 23.0 Å². The van der Waals surface area contributed by atoms with Gasteiger partial charge in [-0.05, 0) is 29.8 Å². The third-order valence-electron chi connectivity index (χ3n) is 4.18. The quantitative estimate of drug-likeness (QED) is 0.764. The van der Waals surface area contributed by atoms with Crippen LogP contribution in [0.15, 0.2) is 36.4 Å². The molecule has 7 nitrogen and oxygen atoms in total. The highest BCUT2D eigenvalue weighted by Gasteiger charge is 2.21. The normalized spacial score (nSPS) is 11.5. The van der Waals surface area contributed by atoms with Crippen molar-refractivity contribution in [3.05, 3.63) is 47.5 Å². The largest absolute Gasteiger partial charge is 0.497 e. The highest BCUT2D eigenvalue weighted by atomic mass is 16.5. The summed E-state index contributed by atoms with van der Waals surface area (Å²) in [6.45, 7) is 0.114. The monoisotopic (exact) mass is 375 g/mol. The van der Waals surface area contributed by atoms with Crippen LogP contribution in [-0.4, -0.2) is 57.9 Å². The van der Waals surface area contributed by atoms with Crippen LogP contribution < -0.4 is 18.9 Å². The summed E-state index contributed by atoms with van der Waals surface area (Å²) >= 11 is 0. The van der Waals surface area contributed by atoms with E-state index < -0.39 is 6.10 Å². The summed E-state index contributed by atoms with van der Waals surface area (Å²) in [7, 11) is 7.66. The fraction of sp³-hybridized carbons (Fsp3) is 0.350. The van der Waals surface area contributed by atoms with E-state index in [0.29, 0.717) is 34.1 Å². The zero-order valence-electron chi connectivity index (χ0n) is 16.2. The van der Waals surface area contributed by atoms with Crippen molar-refractivity contribution in [2.24, 2.45) is 0 Å². The molecule has 27 heavy (non-hydrogen) atoms. The lowest BCUT2D eigenvalue weighted by Gasteiger charge is -2.22. The second-order valence-corrected chi connectivity index (χ2v) is 5.89. The molecule has 2 aromatic carbocycles. The summed E-state index contributed by atoms with van der Waals surface area (Å²) in [5, 5.41) is 10.5. The molecule has 0 saturated heterocycles. The first-order valence-corrected chi connectivity index (χ1v) is 8.32. The van der Waals surface area contributed by atoms with Gasteiger partial charge >= 0.3 is 0 Å². The standard InChI is InChI=1S/C20H25NO6/c1-21(12-16(22)13-7-6-8-15(9-13)24-2)20(23)14-10-17(25-3)19(27-5)18(11-14)26-4/h6-11,16,22H,12H2,1-5H3. The van der Waals surface area contributed by atoms with E-state index in [9.17, 15) is 9.90 Å². The van der Waals surface area contributed by atoms with Gasteiger partial charge in [-0.25, -0.2) is 0 Å². The number of methoxy groups -OCH3 is 4. The Morgan fingerprint density at radius 2 is 1.63 bits per heavy atom. The number of hydrogen-bond donors (Lipinski definition) is 1. The van der Waals surface area contributed by atoms with Crippen LogP contribution in [0.25, 0.3) is 0 Å². The SMILES string of the molecule is COc1cccc(C(O)CN(C)C(=O)c2cc(OC)c(OC)c(OC)c2)c1. The second kappa shape index (κ2) is 9.14. The third kappa shape index (κ3) is 4.62. The minimum atomic E-state index is -0.851. The molecule has 7 heteroatoms. The molecule has 0 spiro atoms. The van der Waals surface area contributed by atoms with E-state index in [-0.39, 0.29) is 12.5 Å². The average molecular weight is 375 g/mol. The molecule has 2 aromatic rings. The Balaban J connectivity index is 2.21. The van der Waals surface area contributed by atoms with Crippen molar-refractivity contribution in [3.63, 3.8) is 0 Å². The number of nitrogens with zero attached hydrogens (tertiary/aromatic N) is 1. The first kappa shape index (κ1) is 20.4. The molecular weight excluding hydrogens is 350 g/mol. The minimum absolute atomic E-state index is 0.114. The van der Waals surface area contributed by atoms with Crippen LogP contribution in [0.3, 0.4) is 0 Å². The Hall–Kier alpha value is -2.93. The average Bonchev–Trinajstić information content (AvgIpc) is 2.71. The number of aliphatic hydroxyl groups excluding tert-OH is 1. The maximum absolute atomic E-state index is 12.8. The number of ether oxygens (including phenoxy) is 4. The van der Waals surface area contributed by atoms with Crippen LogP contribution in [0, 0.1) is 0 Å². The Morgan fingerprint density at radius 3 is 2.15 bits per heavy atom. The summed E-state index contributed by atoms with van der Waals surface area (Å²) in [5.74, 6) is 1.56. The lowest BCUT2D eigenvalue weighted by molar-refractivity contribution is 0.0680. The Morgan fingerprint density at radius 1 is 1.00 bits per heavy atom. The number of carbonyl (C=O) groups excluding carboxylic acids is 1. The highest BCUT2D eigenvalue weighted by molar-refractivity contribution is 5.95. The number of aliphatic hydroxyl groups is 1. The van der Waals surface area contributed by atoms with Crippen molar-refractivity contribution in [2.45, 2.75) is 6.10 Å². The Bertz CT molecular complexity index is 767. The van der Waals surface area contributed by atoms with Gasteiger partial charge < -0.3 is 29.0 Å². The smallest absolute Gasteiger partial charge is 0.253 e. The minimum Gasteiger partial charge on any atom is -0.497 e. The summed E-state index contributed by atoms with van der Waals surface area (Å²) in [6, 6.07) is 10.3. The molecule has 2 rings (SSSR count). The molecule has 0 saturated carbocycles. The summed E-state index contributed by atoms with van der Waals surface area (Å²) in [6.07, 6.45) is -0.851. The van der Waals surface area contributed by atoms with E-state index in [2.05, 4.69) is 0 Å². The molecule has 0 aliphatic rings. The van der Waals surface area contributed by atoms with Crippen LogP contribution in [0.4, 0.5) is 0 Å². The van der Waals surface area contributed by atoms with E-state index in [1.807, 2.05) is 0 Å². The first-order valence-electron chi connectivity index (χ1n) is 8.32. The predicted molar refractivity (Wildman–Crippen MR) is 101 cm³/mol. The van der Waals surface area contributed by atoms with Gasteiger partial charge in [0.15, 0.2) is 11.5 Å². The Kier molecular flexibility index (Phi) is 6.90. The zero-order chi connectivity index (χ0) is 20.0. The van der Waals surface area contributed by atoms with Crippen molar-refractivity contribution < 1.29 is 28.8 Å². The summed E-state index contributed by atoms with van der Waals surface area (Å²) < 4.78 is 21.0.